The molecular weight excluding hydrogens is 292 g/mol. The average molecular weight is 318 g/mol. The lowest BCUT2D eigenvalue weighted by Crippen LogP contribution is -2.51. The lowest BCUT2D eigenvalue weighted by Gasteiger charge is -2.34. The topological polar surface area (TPSA) is 51.1 Å². The predicted molar refractivity (Wildman–Crippen MR) is 90.8 cm³/mol. The van der Waals surface area contributed by atoms with Crippen molar-refractivity contribution in [1.82, 2.24) is 4.90 Å². The fourth-order valence-electron chi connectivity index (χ4n) is 2.80. The van der Waals surface area contributed by atoms with Gasteiger partial charge in [-0.2, -0.15) is 0 Å². The molecule has 1 fully saturated rings. The third kappa shape index (κ3) is 3.91. The highest BCUT2D eigenvalue weighted by Crippen LogP contribution is 2.26. The van der Waals surface area contributed by atoms with Gasteiger partial charge >= 0.3 is 5.97 Å². The van der Waals surface area contributed by atoms with Crippen LogP contribution >= 0.6 is 0 Å². The summed E-state index contributed by atoms with van der Waals surface area (Å²) in [5.41, 5.74) is 0.971. The number of methoxy groups -OCH3 is 1. The summed E-state index contributed by atoms with van der Waals surface area (Å²) in [5, 5.41) is 4.03. The van der Waals surface area contributed by atoms with Gasteiger partial charge in [0.05, 0.1) is 12.8 Å². The molecule has 1 aromatic rings. The number of benzene rings is 1. The molecule has 1 saturated heterocycles. The fourth-order valence-corrected chi connectivity index (χ4v) is 2.80. The van der Waals surface area contributed by atoms with Crippen LogP contribution in [-0.2, 0) is 9.63 Å². The third-order valence-corrected chi connectivity index (χ3v) is 4.71. The van der Waals surface area contributed by atoms with Crippen molar-refractivity contribution >= 4 is 11.7 Å². The highest BCUT2D eigenvalue weighted by Gasteiger charge is 2.41. The number of oxime groups is 1. The standard InChI is InChI=1S/C18H26N2O3/c1-5-18(3,20-12-6-7-13-20)17(21)23-19-14(2)15-8-10-16(22-4)11-9-15/h8-11H,5-7,12-13H2,1-4H3/b19-14+. The minimum Gasteiger partial charge on any atom is -0.497 e. The van der Waals surface area contributed by atoms with Crippen LogP contribution in [0.15, 0.2) is 29.4 Å². The molecule has 126 valence electrons. The van der Waals surface area contributed by atoms with E-state index in [1.54, 1.807) is 7.11 Å². The SMILES string of the molecule is CCC(C)(C(=O)O/N=C(\C)c1ccc(OC)cc1)N1CCCC1. The molecule has 1 aliphatic rings. The molecule has 5 nitrogen and oxygen atoms in total. The van der Waals surface area contributed by atoms with E-state index in [1.807, 2.05) is 45.0 Å². The molecule has 0 aromatic heterocycles. The number of nitrogens with zero attached hydrogens (tertiary/aromatic N) is 2. The number of hydrogen-bond donors (Lipinski definition) is 0. The smallest absolute Gasteiger partial charge is 0.354 e. The molecule has 0 aliphatic carbocycles. The molecule has 1 heterocycles. The first-order chi connectivity index (χ1) is 11.0. The van der Waals surface area contributed by atoms with Gasteiger partial charge in [0.1, 0.15) is 11.3 Å². The van der Waals surface area contributed by atoms with E-state index in [9.17, 15) is 4.79 Å². The Morgan fingerprint density at radius 3 is 2.39 bits per heavy atom. The molecule has 0 saturated carbocycles. The van der Waals surface area contributed by atoms with Crippen molar-refractivity contribution in [3.63, 3.8) is 0 Å². The third-order valence-electron chi connectivity index (χ3n) is 4.71. The minimum absolute atomic E-state index is 0.283. The molecule has 0 spiro atoms. The number of hydrogen-bond acceptors (Lipinski definition) is 5. The minimum atomic E-state index is -0.597. The first-order valence-corrected chi connectivity index (χ1v) is 8.16. The van der Waals surface area contributed by atoms with E-state index in [0.29, 0.717) is 12.1 Å². The highest BCUT2D eigenvalue weighted by atomic mass is 16.7. The molecular formula is C18H26N2O3. The number of carbonyl (C=O) groups excluding carboxylic acids is 1. The second-order valence-corrected chi connectivity index (χ2v) is 6.11. The summed E-state index contributed by atoms with van der Waals surface area (Å²) in [6, 6.07) is 7.50. The van der Waals surface area contributed by atoms with Crippen molar-refractivity contribution in [2.75, 3.05) is 20.2 Å². The van der Waals surface area contributed by atoms with Gasteiger partial charge in [-0.05, 0) is 76.0 Å². The van der Waals surface area contributed by atoms with Crippen LogP contribution in [0.25, 0.3) is 0 Å². The van der Waals surface area contributed by atoms with Crippen LogP contribution in [0.3, 0.4) is 0 Å². The largest absolute Gasteiger partial charge is 0.497 e. The van der Waals surface area contributed by atoms with E-state index in [2.05, 4.69) is 10.1 Å². The van der Waals surface area contributed by atoms with Gasteiger partial charge in [0.15, 0.2) is 0 Å². The average Bonchev–Trinajstić information content (AvgIpc) is 3.13. The molecule has 0 amide bonds. The van der Waals surface area contributed by atoms with Crippen molar-refractivity contribution in [3.8, 4) is 5.75 Å². The zero-order valence-electron chi connectivity index (χ0n) is 14.5. The zero-order chi connectivity index (χ0) is 16.9. The Hall–Kier alpha value is -1.88. The number of likely N-dealkylation sites (tertiary alicyclic amines) is 1. The zero-order valence-corrected chi connectivity index (χ0v) is 14.5. The quantitative estimate of drug-likeness (QED) is 0.459. The van der Waals surface area contributed by atoms with Crippen molar-refractivity contribution in [2.45, 2.75) is 45.6 Å². The fraction of sp³-hybridized carbons (Fsp3) is 0.556. The summed E-state index contributed by atoms with van der Waals surface area (Å²) in [4.78, 5) is 20.0. The Kier molecular flexibility index (Phi) is 5.77. The molecule has 2 rings (SSSR count). The molecule has 0 bridgehead atoms. The van der Waals surface area contributed by atoms with Crippen molar-refractivity contribution in [2.24, 2.45) is 5.16 Å². The van der Waals surface area contributed by atoms with Crippen molar-refractivity contribution in [1.29, 1.82) is 0 Å². The summed E-state index contributed by atoms with van der Waals surface area (Å²) in [5.74, 6) is 0.501. The summed E-state index contributed by atoms with van der Waals surface area (Å²) in [6.07, 6.45) is 2.98. The molecule has 1 unspecified atom stereocenters. The Morgan fingerprint density at radius 1 is 1.26 bits per heavy atom. The van der Waals surface area contributed by atoms with E-state index < -0.39 is 5.54 Å². The molecule has 23 heavy (non-hydrogen) atoms. The van der Waals surface area contributed by atoms with Gasteiger partial charge in [-0.1, -0.05) is 12.1 Å². The Bertz CT molecular complexity index is 562. The van der Waals surface area contributed by atoms with Crippen LogP contribution in [-0.4, -0.2) is 42.3 Å². The summed E-state index contributed by atoms with van der Waals surface area (Å²) < 4.78 is 5.13. The van der Waals surface area contributed by atoms with Crippen LogP contribution in [0.4, 0.5) is 0 Å². The van der Waals surface area contributed by atoms with Gasteiger partial charge < -0.3 is 9.57 Å². The maximum atomic E-state index is 12.5. The number of ether oxygens (including phenoxy) is 1. The lowest BCUT2D eigenvalue weighted by molar-refractivity contribution is -0.157. The van der Waals surface area contributed by atoms with E-state index >= 15 is 0 Å². The normalized spacial score (nSPS) is 18.5. The van der Waals surface area contributed by atoms with Crippen LogP contribution < -0.4 is 4.74 Å². The van der Waals surface area contributed by atoms with E-state index in [0.717, 1.165) is 37.2 Å². The maximum Gasteiger partial charge on any atom is 0.354 e. The second-order valence-electron chi connectivity index (χ2n) is 6.11. The van der Waals surface area contributed by atoms with Gasteiger partial charge in [-0.15, -0.1) is 0 Å². The molecule has 5 heteroatoms. The van der Waals surface area contributed by atoms with E-state index in [4.69, 9.17) is 9.57 Å². The molecule has 0 N–H and O–H groups in total. The van der Waals surface area contributed by atoms with Gasteiger partial charge in [0, 0.05) is 0 Å². The van der Waals surface area contributed by atoms with Crippen LogP contribution in [0, 0.1) is 0 Å². The Labute approximate surface area is 138 Å². The molecule has 1 aromatic carbocycles. The van der Waals surface area contributed by atoms with Gasteiger partial charge in [0.25, 0.3) is 0 Å². The van der Waals surface area contributed by atoms with Crippen LogP contribution in [0.5, 0.6) is 5.75 Å². The van der Waals surface area contributed by atoms with E-state index in [1.165, 1.54) is 0 Å². The predicted octanol–water partition coefficient (Wildman–Crippen LogP) is 3.23. The van der Waals surface area contributed by atoms with Crippen molar-refractivity contribution in [3.05, 3.63) is 29.8 Å². The molecule has 1 aliphatic heterocycles. The molecule has 1 atom stereocenters. The summed E-state index contributed by atoms with van der Waals surface area (Å²) in [7, 11) is 1.63. The summed E-state index contributed by atoms with van der Waals surface area (Å²) >= 11 is 0. The Morgan fingerprint density at radius 2 is 1.87 bits per heavy atom. The van der Waals surface area contributed by atoms with Gasteiger partial charge in [-0.25, -0.2) is 4.79 Å². The number of carbonyl (C=O) groups is 1. The second kappa shape index (κ2) is 7.59. The Balaban J connectivity index is 2.05. The van der Waals surface area contributed by atoms with Crippen molar-refractivity contribution < 1.29 is 14.4 Å². The van der Waals surface area contributed by atoms with Crippen LogP contribution in [0.1, 0.15) is 45.6 Å². The number of rotatable bonds is 6. The first-order valence-electron chi connectivity index (χ1n) is 8.16. The highest BCUT2D eigenvalue weighted by molar-refractivity contribution is 5.98. The maximum absolute atomic E-state index is 12.5. The first kappa shape index (κ1) is 17.5. The lowest BCUT2D eigenvalue weighted by atomic mass is 9.97. The van der Waals surface area contributed by atoms with Crippen LogP contribution in [0.2, 0.25) is 0 Å². The van der Waals surface area contributed by atoms with E-state index in [-0.39, 0.29) is 5.97 Å². The summed E-state index contributed by atoms with van der Waals surface area (Å²) in [6.45, 7) is 7.67. The van der Waals surface area contributed by atoms with Gasteiger partial charge in [0.2, 0.25) is 0 Å². The van der Waals surface area contributed by atoms with Gasteiger partial charge in [-0.3, -0.25) is 4.90 Å². The monoisotopic (exact) mass is 318 g/mol. The molecule has 0 radical (unpaired) electrons.